The van der Waals surface area contributed by atoms with Crippen molar-refractivity contribution in [3.05, 3.63) is 0 Å². The quantitative estimate of drug-likeness (QED) is 0.701. The van der Waals surface area contributed by atoms with Gasteiger partial charge in [0.15, 0.2) is 0 Å². The molecule has 2 unspecified atom stereocenters. The first-order valence-corrected chi connectivity index (χ1v) is 4.57. The van der Waals surface area contributed by atoms with Gasteiger partial charge in [0.05, 0.1) is 12.5 Å². The van der Waals surface area contributed by atoms with Crippen molar-refractivity contribution < 1.29 is 14.6 Å². The van der Waals surface area contributed by atoms with E-state index in [0.717, 1.165) is 25.9 Å². The molecular weight excluding hydrogens is 156 g/mol. The number of hydrogen-bond acceptors (Lipinski definition) is 2. The molecule has 70 valence electrons. The molecule has 0 amide bonds. The maximum atomic E-state index is 10.5. The van der Waals surface area contributed by atoms with E-state index in [0.29, 0.717) is 0 Å². The van der Waals surface area contributed by atoms with Crippen molar-refractivity contribution >= 4 is 5.97 Å². The summed E-state index contributed by atoms with van der Waals surface area (Å²) in [6.45, 7) is 2.83. The van der Waals surface area contributed by atoms with Crippen LogP contribution in [0.3, 0.4) is 0 Å². The highest BCUT2D eigenvalue weighted by Gasteiger charge is 2.26. The van der Waals surface area contributed by atoms with Gasteiger partial charge in [-0.3, -0.25) is 4.79 Å². The summed E-state index contributed by atoms with van der Waals surface area (Å²) in [4.78, 5) is 10.5. The zero-order valence-electron chi connectivity index (χ0n) is 7.45. The van der Waals surface area contributed by atoms with Crippen molar-refractivity contribution in [2.75, 3.05) is 6.61 Å². The molecule has 3 nitrogen and oxygen atoms in total. The standard InChI is InChI=1S/C9H16O3/c1-2-7(6-9(10)11)8-4-3-5-12-8/h7-8H,2-6H2,1H3,(H,10,11). The molecule has 2 atom stereocenters. The van der Waals surface area contributed by atoms with Crippen LogP contribution in [0.25, 0.3) is 0 Å². The Bertz CT molecular complexity index is 150. The van der Waals surface area contributed by atoms with E-state index in [2.05, 4.69) is 0 Å². The third-order valence-electron chi connectivity index (χ3n) is 2.45. The highest BCUT2D eigenvalue weighted by molar-refractivity contribution is 5.67. The van der Waals surface area contributed by atoms with Crippen LogP contribution in [0, 0.1) is 5.92 Å². The van der Waals surface area contributed by atoms with E-state index in [1.807, 2.05) is 6.92 Å². The Hall–Kier alpha value is -0.570. The number of carboxylic acids is 1. The molecule has 0 spiro atoms. The second-order valence-corrected chi connectivity index (χ2v) is 3.32. The predicted octanol–water partition coefficient (Wildman–Crippen LogP) is 1.67. The number of aliphatic carboxylic acids is 1. The Kier molecular flexibility index (Phi) is 3.53. The highest BCUT2D eigenvalue weighted by atomic mass is 16.5. The molecule has 1 aliphatic rings. The summed E-state index contributed by atoms with van der Waals surface area (Å²) < 4.78 is 5.44. The van der Waals surface area contributed by atoms with Gasteiger partial charge in [0, 0.05) is 6.61 Å². The van der Waals surface area contributed by atoms with Gasteiger partial charge in [-0.15, -0.1) is 0 Å². The van der Waals surface area contributed by atoms with Crippen molar-refractivity contribution in [2.45, 2.75) is 38.7 Å². The second-order valence-electron chi connectivity index (χ2n) is 3.32. The maximum absolute atomic E-state index is 10.5. The fraction of sp³-hybridized carbons (Fsp3) is 0.889. The Balaban J connectivity index is 2.37. The molecule has 0 aromatic carbocycles. The summed E-state index contributed by atoms with van der Waals surface area (Å²) in [7, 11) is 0. The van der Waals surface area contributed by atoms with E-state index >= 15 is 0 Å². The van der Waals surface area contributed by atoms with Crippen molar-refractivity contribution in [3.63, 3.8) is 0 Å². The van der Waals surface area contributed by atoms with E-state index in [4.69, 9.17) is 9.84 Å². The molecule has 1 N–H and O–H groups in total. The van der Waals surface area contributed by atoms with E-state index < -0.39 is 5.97 Å². The van der Waals surface area contributed by atoms with Crippen molar-refractivity contribution in [3.8, 4) is 0 Å². The summed E-state index contributed by atoms with van der Waals surface area (Å²) in [6, 6.07) is 0. The number of hydrogen-bond donors (Lipinski definition) is 1. The van der Waals surface area contributed by atoms with E-state index in [-0.39, 0.29) is 18.4 Å². The van der Waals surface area contributed by atoms with Crippen molar-refractivity contribution in [1.29, 1.82) is 0 Å². The minimum Gasteiger partial charge on any atom is -0.481 e. The number of carboxylic acid groups (broad SMARTS) is 1. The minimum atomic E-state index is -0.711. The fourth-order valence-corrected chi connectivity index (χ4v) is 1.74. The van der Waals surface area contributed by atoms with Gasteiger partial charge in [0.2, 0.25) is 0 Å². The van der Waals surface area contributed by atoms with Gasteiger partial charge in [-0.05, 0) is 18.8 Å². The Morgan fingerprint density at radius 1 is 1.75 bits per heavy atom. The largest absolute Gasteiger partial charge is 0.481 e. The lowest BCUT2D eigenvalue weighted by atomic mass is 9.94. The fourth-order valence-electron chi connectivity index (χ4n) is 1.74. The highest BCUT2D eigenvalue weighted by Crippen LogP contribution is 2.25. The molecule has 0 bridgehead atoms. The Labute approximate surface area is 72.7 Å². The van der Waals surface area contributed by atoms with Gasteiger partial charge in [-0.25, -0.2) is 0 Å². The number of rotatable bonds is 4. The Morgan fingerprint density at radius 3 is 2.92 bits per heavy atom. The van der Waals surface area contributed by atoms with Crippen LogP contribution in [0.4, 0.5) is 0 Å². The molecule has 0 radical (unpaired) electrons. The van der Waals surface area contributed by atoms with E-state index in [9.17, 15) is 4.79 Å². The van der Waals surface area contributed by atoms with Crippen LogP contribution in [0.1, 0.15) is 32.6 Å². The van der Waals surface area contributed by atoms with E-state index in [1.54, 1.807) is 0 Å². The molecule has 0 aromatic rings. The Morgan fingerprint density at radius 2 is 2.50 bits per heavy atom. The molecule has 1 heterocycles. The van der Waals surface area contributed by atoms with Crippen LogP contribution in [-0.4, -0.2) is 23.8 Å². The summed E-state index contributed by atoms with van der Waals surface area (Å²) in [6.07, 6.45) is 3.47. The SMILES string of the molecule is CCC(CC(=O)O)C1CCCO1. The third kappa shape index (κ3) is 2.48. The first-order chi connectivity index (χ1) is 5.74. The average Bonchev–Trinajstić information content (AvgIpc) is 2.51. The van der Waals surface area contributed by atoms with Gasteiger partial charge in [0.25, 0.3) is 0 Å². The monoisotopic (exact) mass is 172 g/mol. The molecular formula is C9H16O3. The van der Waals surface area contributed by atoms with Crippen LogP contribution >= 0.6 is 0 Å². The lowest BCUT2D eigenvalue weighted by Gasteiger charge is -2.19. The maximum Gasteiger partial charge on any atom is 0.303 e. The van der Waals surface area contributed by atoms with E-state index in [1.165, 1.54) is 0 Å². The lowest BCUT2D eigenvalue weighted by molar-refractivity contribution is -0.139. The molecule has 1 fully saturated rings. The first-order valence-electron chi connectivity index (χ1n) is 4.57. The average molecular weight is 172 g/mol. The normalized spacial score (nSPS) is 25.6. The zero-order chi connectivity index (χ0) is 8.97. The van der Waals surface area contributed by atoms with Crippen LogP contribution < -0.4 is 0 Å². The first kappa shape index (κ1) is 9.52. The van der Waals surface area contributed by atoms with Gasteiger partial charge in [-0.2, -0.15) is 0 Å². The topological polar surface area (TPSA) is 46.5 Å². The number of ether oxygens (including phenoxy) is 1. The van der Waals surface area contributed by atoms with Crippen LogP contribution in [0.15, 0.2) is 0 Å². The van der Waals surface area contributed by atoms with Gasteiger partial charge >= 0.3 is 5.97 Å². The smallest absolute Gasteiger partial charge is 0.303 e. The second kappa shape index (κ2) is 4.45. The lowest BCUT2D eigenvalue weighted by Crippen LogP contribution is -2.21. The molecule has 0 aliphatic carbocycles. The molecule has 1 aliphatic heterocycles. The summed E-state index contributed by atoms with van der Waals surface area (Å²) in [5.41, 5.74) is 0. The minimum absolute atomic E-state index is 0.200. The van der Waals surface area contributed by atoms with Crippen molar-refractivity contribution in [1.82, 2.24) is 0 Å². The molecule has 3 heteroatoms. The van der Waals surface area contributed by atoms with Gasteiger partial charge < -0.3 is 9.84 Å². The van der Waals surface area contributed by atoms with Crippen molar-refractivity contribution in [2.24, 2.45) is 5.92 Å². The van der Waals surface area contributed by atoms with Crippen LogP contribution in [0.2, 0.25) is 0 Å². The summed E-state index contributed by atoms with van der Waals surface area (Å²) in [5, 5.41) is 8.62. The van der Waals surface area contributed by atoms with Crippen LogP contribution in [0.5, 0.6) is 0 Å². The molecule has 0 saturated carbocycles. The van der Waals surface area contributed by atoms with Gasteiger partial charge in [0.1, 0.15) is 0 Å². The number of carbonyl (C=O) groups is 1. The third-order valence-corrected chi connectivity index (χ3v) is 2.45. The predicted molar refractivity (Wildman–Crippen MR) is 45.0 cm³/mol. The molecule has 12 heavy (non-hydrogen) atoms. The molecule has 0 aromatic heterocycles. The molecule has 1 rings (SSSR count). The van der Waals surface area contributed by atoms with Crippen LogP contribution in [-0.2, 0) is 9.53 Å². The zero-order valence-corrected chi connectivity index (χ0v) is 7.45. The summed E-state index contributed by atoms with van der Waals surface area (Å²) >= 11 is 0. The molecule has 1 saturated heterocycles. The summed E-state index contributed by atoms with van der Waals surface area (Å²) in [5.74, 6) is -0.498. The van der Waals surface area contributed by atoms with Gasteiger partial charge in [-0.1, -0.05) is 13.3 Å².